The lowest BCUT2D eigenvalue weighted by molar-refractivity contribution is -0.191. The fourth-order valence-corrected chi connectivity index (χ4v) is 3.11. The lowest BCUT2D eigenvalue weighted by Gasteiger charge is -2.26. The standard InChI is InChI=1S/C17H28O6/c1-4-12(9-15-10(2)21-15)16(19)22-11(3)23-17(20)13-6-5-7-14(18)8-13/h10-15,18H,4-9H2,1-3H3. The van der Waals surface area contributed by atoms with E-state index in [0.717, 1.165) is 12.8 Å². The second-order valence-electron chi connectivity index (χ2n) is 6.68. The molecule has 0 aromatic carbocycles. The minimum absolute atomic E-state index is 0.133. The minimum atomic E-state index is -0.902. The average Bonchev–Trinajstić information content (AvgIpc) is 3.19. The van der Waals surface area contributed by atoms with Gasteiger partial charge in [0.05, 0.1) is 30.1 Å². The summed E-state index contributed by atoms with van der Waals surface area (Å²) in [6.07, 6.45) is 3.00. The Bertz CT molecular complexity index is 423. The number of carbonyl (C=O) groups excluding carboxylic acids is 2. The van der Waals surface area contributed by atoms with Crippen molar-refractivity contribution >= 4 is 11.9 Å². The molecule has 1 aliphatic heterocycles. The van der Waals surface area contributed by atoms with E-state index in [0.29, 0.717) is 25.7 Å². The summed E-state index contributed by atoms with van der Waals surface area (Å²) in [5, 5.41) is 9.62. The van der Waals surface area contributed by atoms with Crippen molar-refractivity contribution in [1.29, 1.82) is 0 Å². The third-order valence-electron chi connectivity index (χ3n) is 4.72. The van der Waals surface area contributed by atoms with Crippen LogP contribution in [0.1, 0.15) is 59.3 Å². The largest absolute Gasteiger partial charge is 0.425 e. The van der Waals surface area contributed by atoms with Gasteiger partial charge in [-0.2, -0.15) is 0 Å². The Kier molecular flexibility index (Phi) is 6.41. The van der Waals surface area contributed by atoms with Crippen molar-refractivity contribution in [2.24, 2.45) is 11.8 Å². The number of hydrogen-bond acceptors (Lipinski definition) is 6. The maximum Gasteiger partial charge on any atom is 0.312 e. The quantitative estimate of drug-likeness (QED) is 0.438. The fourth-order valence-electron chi connectivity index (χ4n) is 3.11. The van der Waals surface area contributed by atoms with Crippen molar-refractivity contribution in [2.45, 2.75) is 83.9 Å². The molecule has 1 heterocycles. The van der Waals surface area contributed by atoms with Crippen LogP contribution in [0.5, 0.6) is 0 Å². The molecule has 2 rings (SSSR count). The van der Waals surface area contributed by atoms with Crippen molar-refractivity contribution in [3.8, 4) is 0 Å². The maximum absolute atomic E-state index is 12.2. The van der Waals surface area contributed by atoms with Gasteiger partial charge in [0.2, 0.25) is 6.29 Å². The van der Waals surface area contributed by atoms with E-state index in [1.54, 1.807) is 6.92 Å². The molecule has 2 fully saturated rings. The molecule has 1 saturated heterocycles. The van der Waals surface area contributed by atoms with Gasteiger partial charge < -0.3 is 19.3 Å². The SMILES string of the molecule is CCC(CC1OC1C)C(=O)OC(C)OC(=O)C1CCCC(O)C1. The Morgan fingerprint density at radius 3 is 2.57 bits per heavy atom. The van der Waals surface area contributed by atoms with Crippen LogP contribution in [0.3, 0.4) is 0 Å². The highest BCUT2D eigenvalue weighted by Crippen LogP contribution is 2.30. The van der Waals surface area contributed by atoms with Crippen LogP contribution >= 0.6 is 0 Å². The number of aliphatic hydroxyl groups is 1. The first-order chi connectivity index (χ1) is 10.9. The van der Waals surface area contributed by atoms with Gasteiger partial charge in [-0.1, -0.05) is 13.3 Å². The zero-order valence-corrected chi connectivity index (χ0v) is 14.2. The predicted octanol–water partition coefficient (Wildman–Crippen LogP) is 2.17. The summed E-state index contributed by atoms with van der Waals surface area (Å²) in [5.41, 5.74) is 0. The maximum atomic E-state index is 12.2. The number of esters is 2. The lowest BCUT2D eigenvalue weighted by atomic mass is 9.87. The van der Waals surface area contributed by atoms with Crippen molar-refractivity contribution < 1.29 is 28.9 Å². The highest BCUT2D eigenvalue weighted by molar-refractivity contribution is 5.74. The molecule has 0 bridgehead atoms. The van der Waals surface area contributed by atoms with E-state index >= 15 is 0 Å². The van der Waals surface area contributed by atoms with Crippen LogP contribution < -0.4 is 0 Å². The monoisotopic (exact) mass is 328 g/mol. The van der Waals surface area contributed by atoms with Crippen LogP contribution in [-0.2, 0) is 23.8 Å². The van der Waals surface area contributed by atoms with E-state index in [2.05, 4.69) is 0 Å². The van der Waals surface area contributed by atoms with E-state index in [9.17, 15) is 14.7 Å². The molecule has 23 heavy (non-hydrogen) atoms. The first kappa shape index (κ1) is 18.2. The van der Waals surface area contributed by atoms with Crippen LogP contribution in [0.4, 0.5) is 0 Å². The van der Waals surface area contributed by atoms with Gasteiger partial charge in [0.15, 0.2) is 0 Å². The Morgan fingerprint density at radius 2 is 2.00 bits per heavy atom. The van der Waals surface area contributed by atoms with Crippen LogP contribution in [0.15, 0.2) is 0 Å². The Hall–Kier alpha value is -1.14. The number of rotatable bonds is 7. The Morgan fingerprint density at radius 1 is 1.30 bits per heavy atom. The van der Waals surface area contributed by atoms with Crippen molar-refractivity contribution in [2.75, 3.05) is 0 Å². The first-order valence-electron chi connectivity index (χ1n) is 8.65. The van der Waals surface area contributed by atoms with E-state index in [1.807, 2.05) is 13.8 Å². The molecule has 1 saturated carbocycles. The topological polar surface area (TPSA) is 85.4 Å². The van der Waals surface area contributed by atoms with Gasteiger partial charge in [-0.15, -0.1) is 0 Å². The summed E-state index contributed by atoms with van der Waals surface area (Å²) < 4.78 is 15.8. The summed E-state index contributed by atoms with van der Waals surface area (Å²) in [5.74, 6) is -1.28. The molecular formula is C17H28O6. The minimum Gasteiger partial charge on any atom is -0.425 e. The summed E-state index contributed by atoms with van der Waals surface area (Å²) >= 11 is 0. The highest BCUT2D eigenvalue weighted by Gasteiger charge is 2.38. The molecule has 2 aliphatic rings. The number of epoxide rings is 1. The van der Waals surface area contributed by atoms with Gasteiger partial charge in [-0.25, -0.2) is 0 Å². The number of ether oxygens (including phenoxy) is 3. The van der Waals surface area contributed by atoms with Crippen LogP contribution in [0.2, 0.25) is 0 Å². The molecule has 0 radical (unpaired) electrons. The van der Waals surface area contributed by atoms with Crippen molar-refractivity contribution in [1.82, 2.24) is 0 Å². The van der Waals surface area contributed by atoms with Crippen molar-refractivity contribution in [3.63, 3.8) is 0 Å². The lowest BCUT2D eigenvalue weighted by Crippen LogP contribution is -2.32. The van der Waals surface area contributed by atoms with E-state index in [1.165, 1.54) is 0 Å². The molecule has 6 unspecified atom stereocenters. The average molecular weight is 328 g/mol. The zero-order chi connectivity index (χ0) is 17.0. The number of hydrogen-bond donors (Lipinski definition) is 1. The van der Waals surface area contributed by atoms with E-state index in [4.69, 9.17) is 14.2 Å². The van der Waals surface area contributed by atoms with Crippen LogP contribution in [0, 0.1) is 11.8 Å². The van der Waals surface area contributed by atoms with Crippen LogP contribution in [-0.4, -0.2) is 41.6 Å². The molecule has 0 aromatic rings. The van der Waals surface area contributed by atoms with Gasteiger partial charge in [-0.05, 0) is 39.0 Å². The summed E-state index contributed by atoms with van der Waals surface area (Å²) in [6, 6.07) is 0. The zero-order valence-electron chi connectivity index (χ0n) is 14.2. The van der Waals surface area contributed by atoms with E-state index < -0.39 is 18.4 Å². The summed E-state index contributed by atoms with van der Waals surface area (Å²) in [6.45, 7) is 5.46. The van der Waals surface area contributed by atoms with Crippen molar-refractivity contribution in [3.05, 3.63) is 0 Å². The molecule has 6 nitrogen and oxygen atoms in total. The van der Waals surface area contributed by atoms with Gasteiger partial charge in [0, 0.05) is 6.92 Å². The van der Waals surface area contributed by atoms with Crippen LogP contribution in [0.25, 0.3) is 0 Å². The third-order valence-corrected chi connectivity index (χ3v) is 4.72. The number of aliphatic hydroxyl groups excluding tert-OH is 1. The fraction of sp³-hybridized carbons (Fsp3) is 0.882. The third kappa shape index (κ3) is 5.46. The van der Waals surface area contributed by atoms with Gasteiger partial charge >= 0.3 is 11.9 Å². The first-order valence-corrected chi connectivity index (χ1v) is 8.65. The van der Waals surface area contributed by atoms with Gasteiger partial charge in [0.1, 0.15) is 0 Å². The molecule has 1 aliphatic carbocycles. The molecule has 6 heteroatoms. The molecule has 0 spiro atoms. The molecule has 0 aromatic heterocycles. The number of carbonyl (C=O) groups is 2. The van der Waals surface area contributed by atoms with Gasteiger partial charge in [-0.3, -0.25) is 9.59 Å². The smallest absolute Gasteiger partial charge is 0.312 e. The molecule has 1 N–H and O–H groups in total. The molecular weight excluding hydrogens is 300 g/mol. The molecule has 6 atom stereocenters. The second-order valence-corrected chi connectivity index (χ2v) is 6.68. The summed E-state index contributed by atoms with van der Waals surface area (Å²) in [7, 11) is 0. The Labute approximate surface area is 137 Å². The van der Waals surface area contributed by atoms with Gasteiger partial charge in [0.25, 0.3) is 0 Å². The Balaban J connectivity index is 1.75. The normalized spacial score (nSPS) is 32.7. The molecule has 132 valence electrons. The summed E-state index contributed by atoms with van der Waals surface area (Å²) in [4.78, 5) is 24.2. The highest BCUT2D eigenvalue weighted by atomic mass is 16.7. The molecule has 0 amide bonds. The predicted molar refractivity (Wildman–Crippen MR) is 82.3 cm³/mol. The second kappa shape index (κ2) is 8.11. The van der Waals surface area contributed by atoms with E-state index in [-0.39, 0.29) is 30.0 Å².